The highest BCUT2D eigenvalue weighted by atomic mass is 19.1. The van der Waals surface area contributed by atoms with Crippen molar-refractivity contribution in [2.24, 2.45) is 0 Å². The van der Waals surface area contributed by atoms with Crippen LogP contribution in [0.3, 0.4) is 0 Å². The van der Waals surface area contributed by atoms with Crippen LogP contribution >= 0.6 is 0 Å². The van der Waals surface area contributed by atoms with Crippen molar-refractivity contribution in [1.29, 1.82) is 0 Å². The minimum Gasteiger partial charge on any atom is -0.344 e. The van der Waals surface area contributed by atoms with Gasteiger partial charge in [0.05, 0.1) is 0 Å². The lowest BCUT2D eigenvalue weighted by Gasteiger charge is -2.20. The fourth-order valence-electron chi connectivity index (χ4n) is 2.79. The summed E-state index contributed by atoms with van der Waals surface area (Å²) in [6, 6.07) is 13.5. The van der Waals surface area contributed by atoms with E-state index in [1.807, 2.05) is 18.2 Å². The van der Waals surface area contributed by atoms with E-state index in [0.717, 1.165) is 11.1 Å². The number of amides is 2. The Bertz CT molecular complexity index is 758. The predicted octanol–water partition coefficient (Wildman–Crippen LogP) is 2.80. The van der Waals surface area contributed by atoms with Crippen molar-refractivity contribution >= 4 is 11.8 Å². The van der Waals surface area contributed by atoms with Gasteiger partial charge in [0, 0.05) is 38.7 Å². The fraction of sp³-hybridized carbons (Fsp3) is 0.263. The maximum Gasteiger partial charge on any atom is 0.253 e. The number of benzene rings is 2. The highest BCUT2D eigenvalue weighted by molar-refractivity contribution is 5.95. The van der Waals surface area contributed by atoms with Gasteiger partial charge in [-0.15, -0.1) is 0 Å². The molecule has 0 aliphatic carbocycles. The Morgan fingerprint density at radius 1 is 1.00 bits per heavy atom. The van der Waals surface area contributed by atoms with Crippen LogP contribution in [0.25, 0.3) is 11.1 Å². The van der Waals surface area contributed by atoms with Crippen LogP contribution in [0.5, 0.6) is 0 Å². The molecule has 0 aromatic heterocycles. The van der Waals surface area contributed by atoms with Crippen LogP contribution in [0.15, 0.2) is 48.5 Å². The van der Waals surface area contributed by atoms with Crippen molar-refractivity contribution in [1.82, 2.24) is 9.80 Å². The zero-order valence-electron chi connectivity index (χ0n) is 13.5. The molecule has 5 heteroatoms. The van der Waals surface area contributed by atoms with Gasteiger partial charge < -0.3 is 9.80 Å². The average molecular weight is 326 g/mol. The highest BCUT2D eigenvalue weighted by Crippen LogP contribution is 2.21. The summed E-state index contributed by atoms with van der Waals surface area (Å²) < 4.78 is 13.3. The van der Waals surface area contributed by atoms with Crippen LogP contribution in [-0.4, -0.2) is 48.3 Å². The number of likely N-dealkylation sites (N-methyl/N-ethyl adjacent to an activating group) is 1. The fourth-order valence-corrected chi connectivity index (χ4v) is 2.79. The summed E-state index contributed by atoms with van der Waals surface area (Å²) in [5.41, 5.74) is 2.21. The third-order valence-electron chi connectivity index (χ3n) is 4.30. The van der Waals surface area contributed by atoms with Crippen LogP contribution in [0.4, 0.5) is 4.39 Å². The molecule has 0 unspecified atom stereocenters. The van der Waals surface area contributed by atoms with Crippen molar-refractivity contribution in [3.05, 3.63) is 59.9 Å². The van der Waals surface area contributed by atoms with Gasteiger partial charge in [0.1, 0.15) is 5.82 Å². The maximum absolute atomic E-state index is 13.3. The van der Waals surface area contributed by atoms with E-state index in [-0.39, 0.29) is 17.6 Å². The number of rotatable bonds is 2. The first-order valence-electron chi connectivity index (χ1n) is 7.94. The molecule has 1 saturated heterocycles. The molecule has 3 rings (SSSR count). The zero-order valence-corrected chi connectivity index (χ0v) is 13.5. The van der Waals surface area contributed by atoms with Crippen molar-refractivity contribution < 1.29 is 14.0 Å². The van der Waals surface area contributed by atoms with Crippen molar-refractivity contribution in [2.75, 3.05) is 26.7 Å². The normalized spacial score (nSPS) is 15.3. The minimum atomic E-state index is -0.286. The van der Waals surface area contributed by atoms with Gasteiger partial charge in [-0.05, 0) is 35.4 Å². The highest BCUT2D eigenvalue weighted by Gasteiger charge is 2.22. The molecule has 0 saturated carbocycles. The molecule has 0 N–H and O–H groups in total. The Kier molecular flexibility index (Phi) is 4.60. The second-order valence-electron chi connectivity index (χ2n) is 5.95. The minimum absolute atomic E-state index is 0.0618. The van der Waals surface area contributed by atoms with Crippen molar-refractivity contribution in [2.45, 2.75) is 6.42 Å². The standard InChI is InChI=1S/C19H19FN2O2/c1-21-11-12-22(10-9-18(21)23)19(24)15-7-5-14(6-8-15)16-3-2-4-17(20)13-16/h2-8,13H,9-12H2,1H3. The average Bonchev–Trinajstić information content (AvgIpc) is 2.76. The molecule has 0 spiro atoms. The molecule has 1 heterocycles. The third-order valence-corrected chi connectivity index (χ3v) is 4.30. The lowest BCUT2D eigenvalue weighted by atomic mass is 10.0. The van der Waals surface area contributed by atoms with E-state index in [9.17, 15) is 14.0 Å². The van der Waals surface area contributed by atoms with E-state index in [1.54, 1.807) is 35.0 Å². The van der Waals surface area contributed by atoms with Gasteiger partial charge in [-0.3, -0.25) is 9.59 Å². The van der Waals surface area contributed by atoms with Crippen LogP contribution in [-0.2, 0) is 4.79 Å². The topological polar surface area (TPSA) is 40.6 Å². The molecule has 0 radical (unpaired) electrons. The number of carbonyl (C=O) groups is 2. The lowest BCUT2D eigenvalue weighted by molar-refractivity contribution is -0.129. The van der Waals surface area contributed by atoms with E-state index >= 15 is 0 Å². The Hall–Kier alpha value is -2.69. The molecule has 2 aromatic carbocycles. The molecule has 0 bridgehead atoms. The zero-order chi connectivity index (χ0) is 17.1. The molecule has 1 aliphatic heterocycles. The molecule has 2 aromatic rings. The van der Waals surface area contributed by atoms with E-state index in [2.05, 4.69) is 0 Å². The van der Waals surface area contributed by atoms with Crippen LogP contribution in [0.1, 0.15) is 16.8 Å². The number of hydrogen-bond acceptors (Lipinski definition) is 2. The summed E-state index contributed by atoms with van der Waals surface area (Å²) in [5, 5.41) is 0. The molecule has 24 heavy (non-hydrogen) atoms. The van der Waals surface area contributed by atoms with Crippen LogP contribution < -0.4 is 0 Å². The van der Waals surface area contributed by atoms with E-state index in [4.69, 9.17) is 0 Å². The quantitative estimate of drug-likeness (QED) is 0.851. The summed E-state index contributed by atoms with van der Waals surface area (Å²) in [6.45, 7) is 1.52. The summed E-state index contributed by atoms with van der Waals surface area (Å²) >= 11 is 0. The molecule has 0 atom stereocenters. The monoisotopic (exact) mass is 326 g/mol. The molecule has 4 nitrogen and oxygen atoms in total. The molecular formula is C19H19FN2O2. The van der Waals surface area contributed by atoms with E-state index in [1.165, 1.54) is 12.1 Å². The summed E-state index contributed by atoms with van der Waals surface area (Å²) in [5.74, 6) is -0.304. The Labute approximate surface area is 140 Å². The Morgan fingerprint density at radius 3 is 2.46 bits per heavy atom. The molecule has 1 aliphatic rings. The summed E-state index contributed by atoms with van der Waals surface area (Å²) in [7, 11) is 1.75. The van der Waals surface area contributed by atoms with Gasteiger partial charge in [0.15, 0.2) is 0 Å². The number of nitrogens with zero attached hydrogens (tertiary/aromatic N) is 2. The third kappa shape index (κ3) is 3.45. The van der Waals surface area contributed by atoms with Crippen molar-refractivity contribution in [3.63, 3.8) is 0 Å². The Morgan fingerprint density at radius 2 is 1.75 bits per heavy atom. The summed E-state index contributed by atoms with van der Waals surface area (Å²) in [4.78, 5) is 27.7. The largest absolute Gasteiger partial charge is 0.344 e. The van der Waals surface area contributed by atoms with Gasteiger partial charge in [-0.25, -0.2) is 4.39 Å². The maximum atomic E-state index is 13.3. The second-order valence-corrected chi connectivity index (χ2v) is 5.95. The van der Waals surface area contributed by atoms with Gasteiger partial charge in [-0.2, -0.15) is 0 Å². The van der Waals surface area contributed by atoms with E-state index < -0.39 is 0 Å². The summed E-state index contributed by atoms with van der Waals surface area (Å²) in [6.07, 6.45) is 0.351. The van der Waals surface area contributed by atoms with Gasteiger partial charge >= 0.3 is 0 Å². The van der Waals surface area contributed by atoms with E-state index in [0.29, 0.717) is 31.6 Å². The first kappa shape index (κ1) is 16.2. The van der Waals surface area contributed by atoms with Gasteiger partial charge in [0.2, 0.25) is 5.91 Å². The lowest BCUT2D eigenvalue weighted by Crippen LogP contribution is -2.34. The van der Waals surface area contributed by atoms with Crippen LogP contribution in [0, 0.1) is 5.82 Å². The van der Waals surface area contributed by atoms with Crippen molar-refractivity contribution in [3.8, 4) is 11.1 Å². The number of carbonyl (C=O) groups excluding carboxylic acids is 2. The first-order valence-corrected chi connectivity index (χ1v) is 7.94. The Balaban J connectivity index is 1.75. The van der Waals surface area contributed by atoms with Gasteiger partial charge in [0.25, 0.3) is 5.91 Å². The molecule has 124 valence electrons. The SMILES string of the molecule is CN1CCN(C(=O)c2ccc(-c3cccc(F)c3)cc2)CCC1=O. The molecule has 1 fully saturated rings. The second kappa shape index (κ2) is 6.83. The van der Waals surface area contributed by atoms with Gasteiger partial charge in [-0.1, -0.05) is 24.3 Å². The smallest absolute Gasteiger partial charge is 0.253 e. The number of halogens is 1. The van der Waals surface area contributed by atoms with Crippen LogP contribution in [0.2, 0.25) is 0 Å². The molecular weight excluding hydrogens is 307 g/mol. The molecule has 2 amide bonds. The predicted molar refractivity (Wildman–Crippen MR) is 90.0 cm³/mol. The first-order chi connectivity index (χ1) is 11.5. The number of hydrogen-bond donors (Lipinski definition) is 0.